The van der Waals surface area contributed by atoms with E-state index in [1.807, 2.05) is 11.8 Å². The zero-order valence-electron chi connectivity index (χ0n) is 10.2. The van der Waals surface area contributed by atoms with Gasteiger partial charge in [-0.25, -0.2) is 4.39 Å². The number of hydrogen-bond donors (Lipinski definition) is 1. The van der Waals surface area contributed by atoms with Crippen LogP contribution in [0.1, 0.15) is 26.9 Å². The van der Waals surface area contributed by atoms with Crippen LogP contribution < -0.4 is 5.73 Å². The van der Waals surface area contributed by atoms with Crippen LogP contribution >= 0.6 is 39.0 Å². The highest BCUT2D eigenvalue weighted by Gasteiger charge is 2.18. The quantitative estimate of drug-likeness (QED) is 0.856. The van der Waals surface area contributed by atoms with Crippen molar-refractivity contribution in [3.05, 3.63) is 55.4 Å². The maximum absolute atomic E-state index is 13.3. The molecule has 1 nitrogen and oxygen atoms in total. The summed E-state index contributed by atoms with van der Waals surface area (Å²) in [6.07, 6.45) is 1.14. The zero-order valence-corrected chi connectivity index (χ0v) is 13.4. The van der Waals surface area contributed by atoms with Crippen LogP contribution in [-0.2, 0) is 12.2 Å². The van der Waals surface area contributed by atoms with E-state index in [2.05, 4.69) is 22.0 Å². The van der Waals surface area contributed by atoms with Crippen LogP contribution in [0.3, 0.4) is 0 Å². The Morgan fingerprint density at radius 2 is 2.16 bits per heavy atom. The molecule has 0 saturated carbocycles. The van der Waals surface area contributed by atoms with E-state index < -0.39 is 0 Å². The summed E-state index contributed by atoms with van der Waals surface area (Å²) in [6.45, 7) is 0. The van der Waals surface area contributed by atoms with Gasteiger partial charge in [0.25, 0.3) is 0 Å². The SMILES string of the molecule is NC(c1ccc(F)c(Br)c1)c1cc2c(s1)CCSC2. The van der Waals surface area contributed by atoms with Gasteiger partial charge in [-0.3, -0.25) is 0 Å². The topological polar surface area (TPSA) is 26.0 Å². The Bertz CT molecular complexity index is 588. The van der Waals surface area contributed by atoms with Gasteiger partial charge in [-0.15, -0.1) is 11.3 Å². The van der Waals surface area contributed by atoms with Crippen molar-refractivity contribution in [1.29, 1.82) is 0 Å². The van der Waals surface area contributed by atoms with Gasteiger partial charge in [-0.05, 0) is 57.4 Å². The third kappa shape index (κ3) is 2.75. The van der Waals surface area contributed by atoms with E-state index in [1.165, 1.54) is 27.1 Å². The molecule has 19 heavy (non-hydrogen) atoms. The van der Waals surface area contributed by atoms with Gasteiger partial charge in [-0.2, -0.15) is 11.8 Å². The van der Waals surface area contributed by atoms with Crippen LogP contribution in [0.5, 0.6) is 0 Å². The van der Waals surface area contributed by atoms with Gasteiger partial charge in [0, 0.05) is 15.5 Å². The van der Waals surface area contributed by atoms with Crippen LogP contribution in [0.4, 0.5) is 4.39 Å². The molecule has 0 radical (unpaired) electrons. The number of halogens is 2. The van der Waals surface area contributed by atoms with Gasteiger partial charge in [0.05, 0.1) is 10.5 Å². The van der Waals surface area contributed by atoms with Gasteiger partial charge in [0.15, 0.2) is 0 Å². The number of nitrogens with two attached hydrogens (primary N) is 1. The molecule has 0 fully saturated rings. The van der Waals surface area contributed by atoms with Crippen molar-refractivity contribution in [3.8, 4) is 0 Å². The molecule has 2 N–H and O–H groups in total. The summed E-state index contributed by atoms with van der Waals surface area (Å²) >= 11 is 6.99. The molecule has 0 bridgehead atoms. The standard InChI is InChI=1S/C14H13BrFNS2/c15-10-5-8(1-2-11(10)16)14(17)13-6-9-7-18-4-3-12(9)19-13/h1-2,5-6,14H,3-4,7,17H2. The molecular weight excluding hydrogens is 345 g/mol. The molecule has 0 spiro atoms. The first kappa shape index (κ1) is 13.6. The number of hydrogen-bond acceptors (Lipinski definition) is 3. The summed E-state index contributed by atoms with van der Waals surface area (Å²) in [6, 6.07) is 7.04. The maximum atomic E-state index is 13.3. The summed E-state index contributed by atoms with van der Waals surface area (Å²) in [5, 5.41) is 0. The van der Waals surface area contributed by atoms with Crippen molar-refractivity contribution < 1.29 is 4.39 Å². The van der Waals surface area contributed by atoms with E-state index in [9.17, 15) is 4.39 Å². The summed E-state index contributed by atoms with van der Waals surface area (Å²) in [5.74, 6) is 2.04. The second-order valence-electron chi connectivity index (χ2n) is 4.55. The number of thiophene rings is 1. The van der Waals surface area contributed by atoms with Crippen molar-refractivity contribution in [2.24, 2.45) is 5.73 Å². The normalized spacial score (nSPS) is 16.2. The molecule has 1 aromatic heterocycles. The number of rotatable bonds is 2. The average Bonchev–Trinajstić information content (AvgIpc) is 2.85. The fraction of sp³-hybridized carbons (Fsp3) is 0.286. The van der Waals surface area contributed by atoms with Crippen LogP contribution in [0.25, 0.3) is 0 Å². The predicted octanol–water partition coefficient (Wildman–Crippen LogP) is 4.49. The lowest BCUT2D eigenvalue weighted by molar-refractivity contribution is 0.619. The Kier molecular flexibility index (Phi) is 3.98. The first-order chi connectivity index (χ1) is 9.15. The summed E-state index contributed by atoms with van der Waals surface area (Å²) in [7, 11) is 0. The van der Waals surface area contributed by atoms with Gasteiger partial charge in [0.1, 0.15) is 5.82 Å². The molecule has 100 valence electrons. The maximum Gasteiger partial charge on any atom is 0.137 e. The van der Waals surface area contributed by atoms with Gasteiger partial charge in [-0.1, -0.05) is 6.07 Å². The van der Waals surface area contributed by atoms with Crippen molar-refractivity contribution in [2.45, 2.75) is 18.2 Å². The second kappa shape index (κ2) is 5.56. The molecule has 0 amide bonds. The second-order valence-corrected chi connectivity index (χ2v) is 7.68. The molecule has 2 heterocycles. The lowest BCUT2D eigenvalue weighted by Gasteiger charge is -2.10. The number of aryl methyl sites for hydroxylation is 1. The average molecular weight is 358 g/mol. The van der Waals surface area contributed by atoms with Crippen molar-refractivity contribution >= 4 is 39.0 Å². The molecule has 5 heteroatoms. The van der Waals surface area contributed by atoms with E-state index >= 15 is 0 Å². The molecule has 0 aliphatic carbocycles. The van der Waals surface area contributed by atoms with Crippen LogP contribution in [0.2, 0.25) is 0 Å². The molecule has 3 rings (SSSR count). The molecule has 1 aliphatic heterocycles. The van der Waals surface area contributed by atoms with E-state index in [-0.39, 0.29) is 11.9 Å². The van der Waals surface area contributed by atoms with E-state index in [0.29, 0.717) is 4.47 Å². The van der Waals surface area contributed by atoms with Gasteiger partial charge in [0.2, 0.25) is 0 Å². The smallest absolute Gasteiger partial charge is 0.137 e. The highest BCUT2D eigenvalue weighted by molar-refractivity contribution is 9.10. The minimum Gasteiger partial charge on any atom is -0.320 e. The molecular formula is C14H13BrFNS2. The summed E-state index contributed by atoms with van der Waals surface area (Å²) in [4.78, 5) is 2.64. The lowest BCUT2D eigenvalue weighted by atomic mass is 10.1. The highest BCUT2D eigenvalue weighted by atomic mass is 79.9. The van der Waals surface area contributed by atoms with Crippen molar-refractivity contribution in [3.63, 3.8) is 0 Å². The molecule has 1 aromatic carbocycles. The van der Waals surface area contributed by atoms with Crippen molar-refractivity contribution in [2.75, 3.05) is 5.75 Å². The Labute approximate surface area is 128 Å². The number of fused-ring (bicyclic) bond motifs is 1. The van der Waals surface area contributed by atoms with Crippen LogP contribution in [0.15, 0.2) is 28.7 Å². The highest BCUT2D eigenvalue weighted by Crippen LogP contribution is 2.36. The third-order valence-corrected chi connectivity index (χ3v) is 6.19. The fourth-order valence-electron chi connectivity index (χ4n) is 2.19. The number of benzene rings is 1. The van der Waals surface area contributed by atoms with E-state index in [0.717, 1.165) is 17.7 Å². The largest absolute Gasteiger partial charge is 0.320 e. The summed E-state index contributed by atoms with van der Waals surface area (Å²) < 4.78 is 13.7. The molecule has 0 saturated heterocycles. The molecule has 1 unspecified atom stereocenters. The Morgan fingerprint density at radius 3 is 2.89 bits per heavy atom. The molecule has 1 aliphatic rings. The minimum absolute atomic E-state index is 0.169. The Morgan fingerprint density at radius 1 is 1.32 bits per heavy atom. The van der Waals surface area contributed by atoms with Crippen LogP contribution in [0, 0.1) is 5.82 Å². The van der Waals surface area contributed by atoms with Crippen LogP contribution in [-0.4, -0.2) is 5.75 Å². The first-order valence-corrected chi connectivity index (χ1v) is 8.81. The Balaban J connectivity index is 1.92. The van der Waals surface area contributed by atoms with Crippen molar-refractivity contribution in [1.82, 2.24) is 0 Å². The number of thioether (sulfide) groups is 1. The predicted molar refractivity (Wildman–Crippen MR) is 84.3 cm³/mol. The van der Waals surface area contributed by atoms with Gasteiger partial charge >= 0.3 is 0 Å². The molecule has 2 aromatic rings. The Hall–Kier alpha value is -0.360. The third-order valence-electron chi connectivity index (χ3n) is 3.26. The molecule has 1 atom stereocenters. The van der Waals surface area contributed by atoms with E-state index in [4.69, 9.17) is 5.73 Å². The zero-order chi connectivity index (χ0) is 13.4. The fourth-order valence-corrected chi connectivity index (χ4v) is 5.00. The summed E-state index contributed by atoms with van der Waals surface area (Å²) in [5.41, 5.74) is 8.68. The first-order valence-electron chi connectivity index (χ1n) is 6.05. The lowest BCUT2D eigenvalue weighted by Crippen LogP contribution is -2.10. The minimum atomic E-state index is -0.252. The monoisotopic (exact) mass is 357 g/mol. The van der Waals surface area contributed by atoms with Gasteiger partial charge < -0.3 is 5.73 Å². The van der Waals surface area contributed by atoms with E-state index in [1.54, 1.807) is 23.5 Å².